The molecule has 2 rings (SSSR count). The van der Waals surface area contributed by atoms with E-state index in [2.05, 4.69) is 46.3 Å². The van der Waals surface area contributed by atoms with Crippen LogP contribution < -0.4 is 10.1 Å². The Bertz CT molecular complexity index is 548. The number of hydrogen-bond acceptors (Lipinski definition) is 3. The first-order valence-electron chi connectivity index (χ1n) is 7.65. The fraction of sp³-hybridized carbons (Fsp3) is 0.471. The third-order valence-electron chi connectivity index (χ3n) is 3.14. The Kier molecular flexibility index (Phi) is 5.81. The maximum absolute atomic E-state index is 5.73. The zero-order valence-corrected chi connectivity index (χ0v) is 13.2. The molecule has 0 bridgehead atoms. The topological polar surface area (TPSA) is 39.1 Å². The highest BCUT2D eigenvalue weighted by atomic mass is 16.5. The predicted octanol–water partition coefficient (Wildman–Crippen LogP) is 3.37. The van der Waals surface area contributed by atoms with Crippen molar-refractivity contribution in [3.05, 3.63) is 47.9 Å². The van der Waals surface area contributed by atoms with E-state index in [1.165, 1.54) is 5.56 Å². The lowest BCUT2D eigenvalue weighted by Crippen LogP contribution is -2.15. The molecule has 21 heavy (non-hydrogen) atoms. The highest BCUT2D eigenvalue weighted by Gasteiger charge is 2.06. The average molecular weight is 287 g/mol. The Labute approximate surface area is 127 Å². The molecule has 0 aliphatic carbocycles. The van der Waals surface area contributed by atoms with Crippen molar-refractivity contribution in [1.82, 2.24) is 14.9 Å². The van der Waals surface area contributed by atoms with Crippen molar-refractivity contribution in [3.63, 3.8) is 0 Å². The van der Waals surface area contributed by atoms with Gasteiger partial charge in [-0.15, -0.1) is 0 Å². The highest BCUT2D eigenvalue weighted by molar-refractivity contribution is 5.25. The fourth-order valence-electron chi connectivity index (χ4n) is 2.22. The summed E-state index contributed by atoms with van der Waals surface area (Å²) in [6.45, 7) is 8.91. The smallest absolute Gasteiger partial charge is 0.218 e. The number of aryl methyl sites for hydroxylation is 1. The van der Waals surface area contributed by atoms with Crippen LogP contribution in [0, 0.1) is 0 Å². The summed E-state index contributed by atoms with van der Waals surface area (Å²) in [5.74, 6) is 0.726. The molecule has 0 fully saturated rings. The van der Waals surface area contributed by atoms with Crippen LogP contribution in [0.1, 0.15) is 38.3 Å². The molecule has 2 aromatic heterocycles. The normalized spacial score (nSPS) is 11.0. The molecule has 0 aliphatic rings. The third-order valence-corrected chi connectivity index (χ3v) is 3.14. The van der Waals surface area contributed by atoms with Gasteiger partial charge < -0.3 is 14.6 Å². The molecule has 0 aliphatic heterocycles. The highest BCUT2D eigenvalue weighted by Crippen LogP contribution is 2.15. The van der Waals surface area contributed by atoms with E-state index in [1.807, 2.05) is 19.9 Å². The zero-order chi connectivity index (χ0) is 15.1. The standard InChI is InChI=1S/C17H25N3O/c1-4-9-20-10-7-15(13-20)11-18-12-16-6-5-8-19-17(16)21-14(2)3/h5-8,10,13-14,18H,4,9,11-12H2,1-3H3. The van der Waals surface area contributed by atoms with Crippen molar-refractivity contribution >= 4 is 0 Å². The van der Waals surface area contributed by atoms with E-state index in [4.69, 9.17) is 4.74 Å². The number of aromatic nitrogens is 2. The summed E-state index contributed by atoms with van der Waals surface area (Å²) in [5.41, 5.74) is 2.40. The molecule has 1 N–H and O–H groups in total. The maximum Gasteiger partial charge on any atom is 0.218 e. The van der Waals surface area contributed by atoms with E-state index in [0.29, 0.717) is 0 Å². The Morgan fingerprint density at radius 1 is 1.29 bits per heavy atom. The van der Waals surface area contributed by atoms with Gasteiger partial charge in [-0.2, -0.15) is 0 Å². The van der Waals surface area contributed by atoms with Crippen LogP contribution in [0.4, 0.5) is 0 Å². The van der Waals surface area contributed by atoms with Crippen molar-refractivity contribution < 1.29 is 4.74 Å². The molecule has 2 aromatic rings. The molecule has 0 radical (unpaired) electrons. The minimum atomic E-state index is 0.140. The van der Waals surface area contributed by atoms with E-state index in [0.717, 1.165) is 37.5 Å². The van der Waals surface area contributed by atoms with E-state index in [9.17, 15) is 0 Å². The summed E-state index contributed by atoms with van der Waals surface area (Å²) in [6, 6.07) is 6.17. The SMILES string of the molecule is CCCn1ccc(CNCc2cccnc2OC(C)C)c1. The lowest BCUT2D eigenvalue weighted by atomic mass is 10.2. The molecule has 0 unspecified atom stereocenters. The quantitative estimate of drug-likeness (QED) is 0.809. The summed E-state index contributed by atoms with van der Waals surface area (Å²) in [4.78, 5) is 4.31. The van der Waals surface area contributed by atoms with Crippen LogP contribution in [0.5, 0.6) is 5.88 Å². The summed E-state index contributed by atoms with van der Waals surface area (Å²) in [7, 11) is 0. The number of nitrogens with one attached hydrogen (secondary N) is 1. The molecule has 0 spiro atoms. The first kappa shape index (κ1) is 15.6. The van der Waals surface area contributed by atoms with E-state index in [1.54, 1.807) is 6.20 Å². The average Bonchev–Trinajstić information content (AvgIpc) is 2.88. The van der Waals surface area contributed by atoms with Crippen molar-refractivity contribution in [2.24, 2.45) is 0 Å². The van der Waals surface area contributed by atoms with Gasteiger partial charge in [0.05, 0.1) is 6.10 Å². The monoisotopic (exact) mass is 287 g/mol. The van der Waals surface area contributed by atoms with Crippen molar-refractivity contribution in [3.8, 4) is 5.88 Å². The molecule has 4 heteroatoms. The summed E-state index contributed by atoms with van der Waals surface area (Å²) in [6.07, 6.45) is 7.41. The van der Waals surface area contributed by atoms with Gasteiger partial charge in [0.25, 0.3) is 0 Å². The van der Waals surface area contributed by atoms with Gasteiger partial charge in [-0.1, -0.05) is 13.0 Å². The minimum absolute atomic E-state index is 0.140. The number of hydrogen-bond donors (Lipinski definition) is 1. The molecule has 0 atom stereocenters. The largest absolute Gasteiger partial charge is 0.475 e. The van der Waals surface area contributed by atoms with Crippen molar-refractivity contribution in [1.29, 1.82) is 0 Å². The van der Waals surface area contributed by atoms with Gasteiger partial charge in [0.2, 0.25) is 5.88 Å². The fourth-order valence-corrected chi connectivity index (χ4v) is 2.22. The minimum Gasteiger partial charge on any atom is -0.475 e. The lowest BCUT2D eigenvalue weighted by molar-refractivity contribution is 0.229. The Hall–Kier alpha value is -1.81. The van der Waals surface area contributed by atoms with Gasteiger partial charge in [0.1, 0.15) is 0 Å². The Morgan fingerprint density at radius 3 is 2.90 bits per heavy atom. The Morgan fingerprint density at radius 2 is 2.14 bits per heavy atom. The van der Waals surface area contributed by atoms with Crippen LogP contribution in [0.25, 0.3) is 0 Å². The van der Waals surface area contributed by atoms with E-state index in [-0.39, 0.29) is 6.10 Å². The molecule has 0 saturated carbocycles. The molecule has 0 saturated heterocycles. The second-order valence-electron chi connectivity index (χ2n) is 5.50. The number of ether oxygens (including phenoxy) is 1. The first-order chi connectivity index (χ1) is 10.2. The molecule has 4 nitrogen and oxygen atoms in total. The molecule has 0 amide bonds. The zero-order valence-electron chi connectivity index (χ0n) is 13.2. The van der Waals surface area contributed by atoms with Gasteiger partial charge in [-0.25, -0.2) is 4.98 Å². The molecule has 0 aromatic carbocycles. The predicted molar refractivity (Wildman–Crippen MR) is 85.3 cm³/mol. The van der Waals surface area contributed by atoms with Crippen LogP contribution in [-0.2, 0) is 19.6 Å². The second-order valence-corrected chi connectivity index (χ2v) is 5.50. The number of nitrogens with zero attached hydrogens (tertiary/aromatic N) is 2. The summed E-state index contributed by atoms with van der Waals surface area (Å²) >= 11 is 0. The molecular formula is C17H25N3O. The maximum atomic E-state index is 5.73. The first-order valence-corrected chi connectivity index (χ1v) is 7.65. The third kappa shape index (κ3) is 4.90. The van der Waals surface area contributed by atoms with E-state index < -0.39 is 0 Å². The number of pyridine rings is 1. The van der Waals surface area contributed by atoms with Gasteiger partial charge in [-0.05, 0) is 38.0 Å². The molecular weight excluding hydrogens is 262 g/mol. The van der Waals surface area contributed by atoms with Gasteiger partial charge in [-0.3, -0.25) is 0 Å². The van der Waals surface area contributed by atoms with Gasteiger partial charge in [0.15, 0.2) is 0 Å². The van der Waals surface area contributed by atoms with Crippen LogP contribution >= 0.6 is 0 Å². The van der Waals surface area contributed by atoms with Crippen LogP contribution in [0.15, 0.2) is 36.8 Å². The van der Waals surface area contributed by atoms with Crippen molar-refractivity contribution in [2.45, 2.75) is 52.9 Å². The summed E-state index contributed by atoms with van der Waals surface area (Å²) in [5, 5.41) is 3.45. The Balaban J connectivity index is 1.87. The number of rotatable bonds is 8. The van der Waals surface area contributed by atoms with E-state index >= 15 is 0 Å². The van der Waals surface area contributed by atoms with Crippen LogP contribution in [-0.4, -0.2) is 15.7 Å². The molecule has 2 heterocycles. The van der Waals surface area contributed by atoms with Gasteiger partial charge >= 0.3 is 0 Å². The van der Waals surface area contributed by atoms with Gasteiger partial charge in [0, 0.05) is 43.8 Å². The second kappa shape index (κ2) is 7.84. The summed E-state index contributed by atoms with van der Waals surface area (Å²) < 4.78 is 7.96. The van der Waals surface area contributed by atoms with Crippen molar-refractivity contribution in [2.75, 3.05) is 0 Å². The molecule has 114 valence electrons. The lowest BCUT2D eigenvalue weighted by Gasteiger charge is -2.13. The van der Waals surface area contributed by atoms with Crippen LogP contribution in [0.3, 0.4) is 0 Å². The van der Waals surface area contributed by atoms with Crippen LogP contribution in [0.2, 0.25) is 0 Å².